The van der Waals surface area contributed by atoms with Crippen molar-refractivity contribution < 1.29 is 14.4 Å². The molecule has 0 bridgehead atoms. The van der Waals surface area contributed by atoms with Gasteiger partial charge in [0.1, 0.15) is 6.61 Å². The summed E-state index contributed by atoms with van der Waals surface area (Å²) in [5.41, 5.74) is 1.98. The van der Waals surface area contributed by atoms with Gasteiger partial charge < -0.3 is 14.8 Å². The number of rotatable bonds is 8. The molecule has 0 heterocycles. The number of nitrogens with zero attached hydrogens (tertiary/aromatic N) is 1. The Morgan fingerprint density at radius 2 is 1.88 bits per heavy atom. The van der Waals surface area contributed by atoms with E-state index in [2.05, 4.69) is 35.1 Å². The zero-order chi connectivity index (χ0) is 18.4. The summed E-state index contributed by atoms with van der Waals surface area (Å²) >= 11 is 3.56. The highest BCUT2D eigenvalue weighted by atomic mass is 79.9. The molecule has 0 unspecified atom stereocenters. The van der Waals surface area contributed by atoms with Crippen molar-refractivity contribution in [2.24, 2.45) is 0 Å². The van der Waals surface area contributed by atoms with E-state index in [1.165, 1.54) is 12.1 Å². The van der Waals surface area contributed by atoms with Crippen LogP contribution in [0.2, 0.25) is 0 Å². The monoisotopic (exact) mass is 408 g/mol. The highest BCUT2D eigenvalue weighted by molar-refractivity contribution is 9.10. The third-order valence-electron chi connectivity index (χ3n) is 3.57. The molecule has 0 amide bonds. The fourth-order valence-electron chi connectivity index (χ4n) is 2.17. The van der Waals surface area contributed by atoms with Crippen molar-refractivity contribution in [1.29, 1.82) is 0 Å². The summed E-state index contributed by atoms with van der Waals surface area (Å²) in [7, 11) is 1.60. The van der Waals surface area contributed by atoms with E-state index in [1.807, 2.05) is 12.1 Å². The smallest absolute Gasteiger partial charge is 0.269 e. The number of nitrogens with one attached hydrogen (secondary N) is 1. The first-order valence-corrected chi connectivity index (χ1v) is 8.66. The maximum Gasteiger partial charge on any atom is 0.269 e. The highest BCUT2D eigenvalue weighted by Gasteiger charge is 2.11. The minimum absolute atomic E-state index is 0.0612. The van der Waals surface area contributed by atoms with Gasteiger partial charge in [-0.05, 0) is 35.4 Å². The number of nitro groups is 1. The molecular weight excluding hydrogens is 388 g/mol. The van der Waals surface area contributed by atoms with Crippen molar-refractivity contribution in [3.8, 4) is 11.5 Å². The fraction of sp³-hybridized carbons (Fsp3) is 0.333. The van der Waals surface area contributed by atoms with Crippen LogP contribution in [0.4, 0.5) is 5.69 Å². The molecule has 2 rings (SSSR count). The summed E-state index contributed by atoms with van der Waals surface area (Å²) in [5, 5.41) is 14.1. The summed E-state index contributed by atoms with van der Waals surface area (Å²) in [6.45, 7) is 5.20. The molecule has 0 aliphatic carbocycles. The number of hydrogen-bond acceptors (Lipinski definition) is 5. The van der Waals surface area contributed by atoms with Crippen LogP contribution in [-0.4, -0.2) is 18.1 Å². The van der Waals surface area contributed by atoms with Crippen LogP contribution < -0.4 is 14.8 Å². The summed E-state index contributed by atoms with van der Waals surface area (Å²) in [6.07, 6.45) is 0. The number of hydrogen-bond donors (Lipinski definition) is 1. The van der Waals surface area contributed by atoms with Gasteiger partial charge in [0, 0.05) is 29.2 Å². The van der Waals surface area contributed by atoms with Gasteiger partial charge in [-0.3, -0.25) is 10.1 Å². The van der Waals surface area contributed by atoms with Crippen molar-refractivity contribution in [3.63, 3.8) is 0 Å². The highest BCUT2D eigenvalue weighted by Crippen LogP contribution is 2.34. The first kappa shape index (κ1) is 19.2. The van der Waals surface area contributed by atoms with Gasteiger partial charge in [0.15, 0.2) is 11.5 Å². The van der Waals surface area contributed by atoms with Gasteiger partial charge in [0.2, 0.25) is 0 Å². The fourth-order valence-corrected chi connectivity index (χ4v) is 2.64. The minimum Gasteiger partial charge on any atom is -0.493 e. The lowest BCUT2D eigenvalue weighted by atomic mass is 10.2. The van der Waals surface area contributed by atoms with Gasteiger partial charge in [-0.15, -0.1) is 0 Å². The van der Waals surface area contributed by atoms with Crippen molar-refractivity contribution in [2.75, 3.05) is 7.11 Å². The average molecular weight is 409 g/mol. The number of halogens is 1. The van der Waals surface area contributed by atoms with Gasteiger partial charge in [0.05, 0.1) is 12.0 Å². The van der Waals surface area contributed by atoms with Crippen molar-refractivity contribution in [2.45, 2.75) is 33.0 Å². The van der Waals surface area contributed by atoms with Crippen molar-refractivity contribution in [3.05, 3.63) is 62.1 Å². The second-order valence-electron chi connectivity index (χ2n) is 5.84. The molecule has 134 valence electrons. The standard InChI is InChI=1S/C18H21BrN2O4/c1-12(2)20-10-14-8-17(24-3)18(9-16(14)19)25-11-13-4-6-15(7-5-13)21(22)23/h4-9,12,20H,10-11H2,1-3H3. The maximum atomic E-state index is 10.7. The first-order valence-electron chi connectivity index (χ1n) is 7.86. The van der Waals surface area contributed by atoms with Gasteiger partial charge >= 0.3 is 0 Å². The summed E-state index contributed by atoms with van der Waals surface area (Å²) in [5.74, 6) is 1.26. The molecule has 0 spiro atoms. The molecule has 0 radical (unpaired) electrons. The molecule has 0 saturated carbocycles. The molecule has 0 fully saturated rings. The van der Waals surface area contributed by atoms with Gasteiger partial charge in [-0.1, -0.05) is 29.8 Å². The van der Waals surface area contributed by atoms with Crippen LogP contribution in [-0.2, 0) is 13.2 Å². The van der Waals surface area contributed by atoms with E-state index in [1.54, 1.807) is 19.2 Å². The molecule has 7 heteroatoms. The van der Waals surface area contributed by atoms with E-state index < -0.39 is 4.92 Å². The predicted octanol–water partition coefficient (Wildman–Crippen LogP) is 4.44. The van der Waals surface area contributed by atoms with E-state index in [4.69, 9.17) is 9.47 Å². The topological polar surface area (TPSA) is 73.6 Å². The van der Waals surface area contributed by atoms with E-state index in [0.29, 0.717) is 24.1 Å². The Morgan fingerprint density at radius 1 is 1.20 bits per heavy atom. The van der Waals surface area contributed by atoms with Crippen LogP contribution >= 0.6 is 15.9 Å². The molecule has 25 heavy (non-hydrogen) atoms. The zero-order valence-electron chi connectivity index (χ0n) is 14.4. The quantitative estimate of drug-likeness (QED) is 0.515. The lowest BCUT2D eigenvalue weighted by Crippen LogP contribution is -2.22. The molecule has 0 atom stereocenters. The van der Waals surface area contributed by atoms with Crippen molar-refractivity contribution >= 4 is 21.6 Å². The Morgan fingerprint density at radius 3 is 2.44 bits per heavy atom. The lowest BCUT2D eigenvalue weighted by Gasteiger charge is -2.15. The third kappa shape index (κ3) is 5.44. The third-order valence-corrected chi connectivity index (χ3v) is 4.31. The molecule has 0 aromatic heterocycles. The Balaban J connectivity index is 2.10. The summed E-state index contributed by atoms with van der Waals surface area (Å²) < 4.78 is 12.2. The maximum absolute atomic E-state index is 10.7. The SMILES string of the molecule is COc1cc(CNC(C)C)c(Br)cc1OCc1ccc([N+](=O)[O-])cc1. The Hall–Kier alpha value is -2.12. The van der Waals surface area contributed by atoms with E-state index in [-0.39, 0.29) is 5.69 Å². The number of methoxy groups -OCH3 is 1. The van der Waals surface area contributed by atoms with Crippen LogP contribution in [0.15, 0.2) is 40.9 Å². The normalized spacial score (nSPS) is 10.8. The van der Waals surface area contributed by atoms with Gasteiger partial charge in [0.25, 0.3) is 5.69 Å². The van der Waals surface area contributed by atoms with Crippen LogP contribution in [0.25, 0.3) is 0 Å². The molecule has 2 aromatic rings. The van der Waals surface area contributed by atoms with E-state index in [9.17, 15) is 10.1 Å². The molecule has 6 nitrogen and oxygen atoms in total. The number of ether oxygens (including phenoxy) is 2. The van der Waals surface area contributed by atoms with Gasteiger partial charge in [-0.25, -0.2) is 0 Å². The lowest BCUT2D eigenvalue weighted by molar-refractivity contribution is -0.384. The molecule has 0 saturated heterocycles. The second kappa shape index (κ2) is 8.82. The first-order chi connectivity index (χ1) is 11.9. The van der Waals surface area contributed by atoms with Crippen LogP contribution in [0.1, 0.15) is 25.0 Å². The Labute approximate surface area is 155 Å². The zero-order valence-corrected chi connectivity index (χ0v) is 16.0. The number of benzene rings is 2. The van der Waals surface area contributed by atoms with Crippen LogP contribution in [0.3, 0.4) is 0 Å². The Bertz CT molecular complexity index is 733. The Kier molecular flexibility index (Phi) is 6.78. The predicted molar refractivity (Wildman–Crippen MR) is 100 cm³/mol. The van der Waals surface area contributed by atoms with E-state index >= 15 is 0 Å². The largest absolute Gasteiger partial charge is 0.493 e. The minimum atomic E-state index is -0.422. The summed E-state index contributed by atoms with van der Waals surface area (Å²) in [4.78, 5) is 10.3. The molecule has 0 aliphatic heterocycles. The summed E-state index contributed by atoms with van der Waals surface area (Å²) in [6, 6.07) is 10.5. The van der Waals surface area contributed by atoms with Crippen LogP contribution in [0.5, 0.6) is 11.5 Å². The molecule has 1 N–H and O–H groups in total. The van der Waals surface area contributed by atoms with Gasteiger partial charge in [-0.2, -0.15) is 0 Å². The molecular formula is C18H21BrN2O4. The molecule has 0 aliphatic rings. The van der Waals surface area contributed by atoms with Crippen LogP contribution in [0, 0.1) is 10.1 Å². The number of non-ortho nitro benzene ring substituents is 1. The molecule has 2 aromatic carbocycles. The second-order valence-corrected chi connectivity index (χ2v) is 6.70. The number of nitro benzene ring substituents is 1. The van der Waals surface area contributed by atoms with Crippen molar-refractivity contribution in [1.82, 2.24) is 5.32 Å². The van der Waals surface area contributed by atoms with E-state index in [0.717, 1.165) is 22.1 Å². The average Bonchev–Trinajstić information content (AvgIpc) is 2.59.